The highest BCUT2D eigenvalue weighted by Gasteiger charge is 2.16. The fourth-order valence-electron chi connectivity index (χ4n) is 2.30. The highest BCUT2D eigenvalue weighted by molar-refractivity contribution is 5.32. The van der Waals surface area contributed by atoms with E-state index in [-0.39, 0.29) is 6.04 Å². The van der Waals surface area contributed by atoms with Crippen molar-refractivity contribution in [1.29, 1.82) is 0 Å². The Morgan fingerprint density at radius 1 is 1.19 bits per heavy atom. The monoisotopic (exact) mass is 285 g/mol. The zero-order valence-corrected chi connectivity index (χ0v) is 13.0. The molecule has 2 rings (SSSR count). The molecule has 1 N–H and O–H groups in total. The van der Waals surface area contributed by atoms with Crippen molar-refractivity contribution in [2.24, 2.45) is 0 Å². The zero-order valence-electron chi connectivity index (χ0n) is 13.0. The molecular formula is C17H23N3O. The predicted molar refractivity (Wildman–Crippen MR) is 84.5 cm³/mol. The number of benzene rings is 1. The third kappa shape index (κ3) is 4.02. The van der Waals surface area contributed by atoms with E-state index in [1.54, 1.807) is 13.4 Å². The van der Waals surface area contributed by atoms with Gasteiger partial charge in [0, 0.05) is 6.07 Å². The summed E-state index contributed by atoms with van der Waals surface area (Å²) in [6.45, 7) is 5.27. The van der Waals surface area contributed by atoms with Crippen molar-refractivity contribution in [2.45, 2.75) is 32.7 Å². The number of methoxy groups -OCH3 is 1. The second kappa shape index (κ2) is 7.74. The number of aromatic nitrogens is 2. The van der Waals surface area contributed by atoms with E-state index in [0.29, 0.717) is 5.88 Å². The molecule has 0 aliphatic rings. The number of hydrogen-bond acceptors (Lipinski definition) is 4. The standard InChI is InChI=1S/C17H23N3O/c1-4-9-18-17(14-8-6-7-13(5-2)10-14)15-11-16(21-3)20-12-19-15/h6-8,10-12,17-18H,4-5,9H2,1-3H3. The Balaban J connectivity index is 2.36. The lowest BCUT2D eigenvalue weighted by atomic mass is 10.00. The predicted octanol–water partition coefficient (Wildman–Crippen LogP) is 3.14. The molecule has 4 nitrogen and oxygen atoms in total. The van der Waals surface area contributed by atoms with E-state index in [4.69, 9.17) is 4.74 Å². The average Bonchev–Trinajstić information content (AvgIpc) is 2.55. The van der Waals surface area contributed by atoms with E-state index in [0.717, 1.165) is 25.1 Å². The summed E-state index contributed by atoms with van der Waals surface area (Å²) in [6.07, 6.45) is 3.66. The molecule has 112 valence electrons. The van der Waals surface area contributed by atoms with Gasteiger partial charge in [-0.25, -0.2) is 9.97 Å². The third-order valence-electron chi connectivity index (χ3n) is 3.46. The molecule has 0 saturated carbocycles. The van der Waals surface area contributed by atoms with Gasteiger partial charge < -0.3 is 10.1 Å². The van der Waals surface area contributed by atoms with Crippen LogP contribution in [0.1, 0.15) is 43.1 Å². The summed E-state index contributed by atoms with van der Waals surface area (Å²) in [5, 5.41) is 3.56. The molecule has 0 bridgehead atoms. The minimum absolute atomic E-state index is 0.0633. The minimum Gasteiger partial charge on any atom is -0.481 e. The first-order chi connectivity index (χ1) is 10.3. The van der Waals surface area contributed by atoms with Crippen LogP contribution in [0.2, 0.25) is 0 Å². The number of rotatable bonds is 7. The first-order valence-corrected chi connectivity index (χ1v) is 7.46. The van der Waals surface area contributed by atoms with Gasteiger partial charge in [0.15, 0.2) is 0 Å². The van der Waals surface area contributed by atoms with E-state index in [1.165, 1.54) is 11.1 Å². The molecule has 0 fully saturated rings. The van der Waals surface area contributed by atoms with Gasteiger partial charge in [0.2, 0.25) is 5.88 Å². The van der Waals surface area contributed by atoms with Gasteiger partial charge in [-0.1, -0.05) is 38.1 Å². The van der Waals surface area contributed by atoms with Crippen molar-refractivity contribution >= 4 is 0 Å². The molecular weight excluding hydrogens is 262 g/mol. The van der Waals surface area contributed by atoms with Crippen LogP contribution in [0.4, 0.5) is 0 Å². The van der Waals surface area contributed by atoms with Gasteiger partial charge in [-0.3, -0.25) is 0 Å². The normalized spacial score (nSPS) is 12.1. The summed E-state index contributed by atoms with van der Waals surface area (Å²) in [7, 11) is 1.62. The Morgan fingerprint density at radius 2 is 2.05 bits per heavy atom. The van der Waals surface area contributed by atoms with E-state index >= 15 is 0 Å². The second-order valence-corrected chi connectivity index (χ2v) is 4.97. The summed E-state index contributed by atoms with van der Waals surface area (Å²) >= 11 is 0. The fourth-order valence-corrected chi connectivity index (χ4v) is 2.30. The molecule has 4 heteroatoms. The van der Waals surface area contributed by atoms with Crippen molar-refractivity contribution in [3.05, 3.63) is 53.5 Å². The van der Waals surface area contributed by atoms with Crippen LogP contribution in [0.15, 0.2) is 36.7 Å². The SMILES string of the molecule is CCCNC(c1cccc(CC)c1)c1cc(OC)ncn1. The maximum Gasteiger partial charge on any atom is 0.216 e. The summed E-state index contributed by atoms with van der Waals surface area (Å²) in [5.41, 5.74) is 3.49. The number of nitrogens with one attached hydrogen (secondary N) is 1. The molecule has 0 aliphatic carbocycles. The molecule has 1 unspecified atom stereocenters. The Morgan fingerprint density at radius 3 is 2.76 bits per heavy atom. The molecule has 21 heavy (non-hydrogen) atoms. The molecule has 1 aromatic heterocycles. The van der Waals surface area contributed by atoms with Crippen LogP contribution in [0, 0.1) is 0 Å². The summed E-state index contributed by atoms with van der Waals surface area (Å²) < 4.78 is 5.21. The largest absolute Gasteiger partial charge is 0.481 e. The van der Waals surface area contributed by atoms with Crippen LogP contribution in [-0.2, 0) is 6.42 Å². The molecule has 0 saturated heterocycles. The van der Waals surface area contributed by atoms with Crippen molar-refractivity contribution in [2.75, 3.05) is 13.7 Å². The molecule has 1 heterocycles. The van der Waals surface area contributed by atoms with Crippen molar-refractivity contribution in [3.63, 3.8) is 0 Å². The van der Waals surface area contributed by atoms with Crippen molar-refractivity contribution in [1.82, 2.24) is 15.3 Å². The molecule has 1 atom stereocenters. The first kappa shape index (κ1) is 15.4. The van der Waals surface area contributed by atoms with Gasteiger partial charge in [-0.05, 0) is 30.5 Å². The van der Waals surface area contributed by atoms with Crippen LogP contribution in [0.5, 0.6) is 5.88 Å². The second-order valence-electron chi connectivity index (χ2n) is 4.97. The van der Waals surface area contributed by atoms with Crippen molar-refractivity contribution in [3.8, 4) is 5.88 Å². The quantitative estimate of drug-likeness (QED) is 0.849. The molecule has 0 aliphatic heterocycles. The van der Waals surface area contributed by atoms with Crippen molar-refractivity contribution < 1.29 is 4.74 Å². The first-order valence-electron chi connectivity index (χ1n) is 7.46. The Labute approximate surface area is 126 Å². The van der Waals surface area contributed by atoms with E-state index < -0.39 is 0 Å². The number of ether oxygens (including phenoxy) is 1. The molecule has 2 aromatic rings. The number of nitrogens with zero attached hydrogens (tertiary/aromatic N) is 2. The Hall–Kier alpha value is -1.94. The smallest absolute Gasteiger partial charge is 0.216 e. The maximum absolute atomic E-state index is 5.21. The van der Waals surface area contributed by atoms with E-state index in [1.807, 2.05) is 6.07 Å². The summed E-state index contributed by atoms with van der Waals surface area (Å²) in [5.74, 6) is 0.593. The highest BCUT2D eigenvalue weighted by atomic mass is 16.5. The summed E-state index contributed by atoms with van der Waals surface area (Å²) in [4.78, 5) is 8.51. The summed E-state index contributed by atoms with van der Waals surface area (Å²) in [6, 6.07) is 10.6. The molecule has 0 radical (unpaired) electrons. The molecule has 1 aromatic carbocycles. The van der Waals surface area contributed by atoms with Crippen LogP contribution in [0.25, 0.3) is 0 Å². The van der Waals surface area contributed by atoms with Gasteiger partial charge in [-0.2, -0.15) is 0 Å². The lowest BCUT2D eigenvalue weighted by Crippen LogP contribution is -2.24. The molecule has 0 spiro atoms. The van der Waals surface area contributed by atoms with Gasteiger partial charge in [-0.15, -0.1) is 0 Å². The van der Waals surface area contributed by atoms with Crippen LogP contribution < -0.4 is 10.1 Å². The van der Waals surface area contributed by atoms with Crippen LogP contribution in [-0.4, -0.2) is 23.6 Å². The van der Waals surface area contributed by atoms with Crippen LogP contribution >= 0.6 is 0 Å². The average molecular weight is 285 g/mol. The lowest BCUT2D eigenvalue weighted by molar-refractivity contribution is 0.394. The fraction of sp³-hybridized carbons (Fsp3) is 0.412. The van der Waals surface area contributed by atoms with E-state index in [2.05, 4.69) is 53.4 Å². The number of hydrogen-bond donors (Lipinski definition) is 1. The van der Waals surface area contributed by atoms with Gasteiger partial charge in [0.05, 0.1) is 18.8 Å². The zero-order chi connectivity index (χ0) is 15.1. The lowest BCUT2D eigenvalue weighted by Gasteiger charge is -2.19. The Kier molecular flexibility index (Phi) is 5.69. The number of aryl methyl sites for hydroxylation is 1. The van der Waals surface area contributed by atoms with E-state index in [9.17, 15) is 0 Å². The third-order valence-corrected chi connectivity index (χ3v) is 3.46. The van der Waals surface area contributed by atoms with Gasteiger partial charge in [0.25, 0.3) is 0 Å². The topological polar surface area (TPSA) is 47.0 Å². The van der Waals surface area contributed by atoms with Gasteiger partial charge >= 0.3 is 0 Å². The minimum atomic E-state index is 0.0633. The maximum atomic E-state index is 5.21. The van der Waals surface area contributed by atoms with Crippen LogP contribution in [0.3, 0.4) is 0 Å². The molecule has 0 amide bonds. The van der Waals surface area contributed by atoms with Gasteiger partial charge in [0.1, 0.15) is 6.33 Å². The Bertz CT molecular complexity index is 524. The highest BCUT2D eigenvalue weighted by Crippen LogP contribution is 2.23.